The van der Waals surface area contributed by atoms with Crippen LogP contribution in [0, 0.1) is 35.0 Å². The number of hydrogen-bond acceptors (Lipinski definition) is 5. The zero-order chi connectivity index (χ0) is 31.5. The molecule has 1 aliphatic rings. The fourth-order valence-electron chi connectivity index (χ4n) is 4.03. The van der Waals surface area contributed by atoms with E-state index in [1.54, 1.807) is 19.1 Å². The van der Waals surface area contributed by atoms with Crippen LogP contribution in [0.25, 0.3) is 0 Å². The first-order valence-electron chi connectivity index (χ1n) is 12.2. The minimum Gasteiger partial charge on any atom is -0.483 e. The largest absolute Gasteiger partial charge is 0.573 e. The maximum absolute atomic E-state index is 14.8. The second-order valence-electron chi connectivity index (χ2n) is 9.08. The van der Waals surface area contributed by atoms with Gasteiger partial charge in [0.05, 0.1) is 13.2 Å². The van der Waals surface area contributed by atoms with Gasteiger partial charge in [-0.15, -0.1) is 13.2 Å². The van der Waals surface area contributed by atoms with Crippen LogP contribution in [0.1, 0.15) is 29.9 Å². The number of rotatable bonds is 9. The second kappa shape index (κ2) is 12.7. The zero-order valence-corrected chi connectivity index (χ0v) is 21.8. The summed E-state index contributed by atoms with van der Waals surface area (Å²) in [6.45, 7) is 1.31. The Morgan fingerprint density at radius 3 is 1.93 bits per heavy atom. The molecule has 0 spiro atoms. The lowest BCUT2D eigenvalue weighted by Crippen LogP contribution is -2.28. The van der Waals surface area contributed by atoms with Gasteiger partial charge in [0, 0.05) is 23.6 Å². The van der Waals surface area contributed by atoms with Gasteiger partial charge in [-0.1, -0.05) is 18.2 Å². The van der Waals surface area contributed by atoms with E-state index in [0.29, 0.717) is 24.3 Å². The van der Waals surface area contributed by atoms with Gasteiger partial charge in [-0.3, -0.25) is 0 Å². The van der Waals surface area contributed by atoms with Crippen LogP contribution in [-0.2, 0) is 22.2 Å². The van der Waals surface area contributed by atoms with Gasteiger partial charge in [-0.25, -0.2) is 22.0 Å². The molecule has 1 heterocycles. The Balaban J connectivity index is 1.46. The van der Waals surface area contributed by atoms with Crippen LogP contribution < -0.4 is 14.2 Å². The monoisotopic (exact) mass is 626 g/mol. The number of allylic oxidation sites excluding steroid dienone is 1. The summed E-state index contributed by atoms with van der Waals surface area (Å²) in [5, 5.41) is 0. The Morgan fingerprint density at radius 1 is 0.791 bits per heavy atom. The first kappa shape index (κ1) is 31.9. The third kappa shape index (κ3) is 7.90. The molecule has 0 unspecified atom stereocenters. The molecule has 1 fully saturated rings. The van der Waals surface area contributed by atoms with E-state index in [1.807, 2.05) is 0 Å². The van der Waals surface area contributed by atoms with Gasteiger partial charge in [0.25, 0.3) is 0 Å². The molecule has 0 bridgehead atoms. The van der Waals surface area contributed by atoms with Crippen molar-refractivity contribution in [2.75, 3.05) is 13.2 Å². The molecule has 0 aliphatic carbocycles. The van der Waals surface area contributed by atoms with Crippen molar-refractivity contribution in [3.8, 4) is 17.2 Å². The number of benzene rings is 3. The molecule has 4 rings (SSSR count). The van der Waals surface area contributed by atoms with E-state index in [2.05, 4.69) is 9.47 Å². The molecule has 43 heavy (non-hydrogen) atoms. The van der Waals surface area contributed by atoms with E-state index < -0.39 is 77.3 Å². The summed E-state index contributed by atoms with van der Waals surface area (Å²) >= 11 is 0. The minimum absolute atomic E-state index is 0.109. The van der Waals surface area contributed by atoms with Gasteiger partial charge in [0.1, 0.15) is 29.6 Å². The van der Waals surface area contributed by atoms with Crippen LogP contribution >= 0.6 is 0 Å². The van der Waals surface area contributed by atoms with Gasteiger partial charge < -0.3 is 23.7 Å². The maximum atomic E-state index is 14.8. The van der Waals surface area contributed by atoms with E-state index in [-0.39, 0.29) is 42.4 Å². The summed E-state index contributed by atoms with van der Waals surface area (Å²) in [5.74, 6) is -11.7. The third-order valence-corrected chi connectivity index (χ3v) is 5.84. The van der Waals surface area contributed by atoms with Crippen LogP contribution in [0.15, 0.2) is 54.6 Å². The van der Waals surface area contributed by atoms with Crippen LogP contribution in [-0.4, -0.2) is 19.6 Å². The summed E-state index contributed by atoms with van der Waals surface area (Å²) < 4.78 is 162. The quantitative estimate of drug-likeness (QED) is 0.177. The number of halogens is 10. The Bertz CT molecular complexity index is 1440. The molecule has 1 aliphatic heterocycles. The van der Waals surface area contributed by atoms with Crippen molar-refractivity contribution in [1.29, 1.82) is 0 Å². The van der Waals surface area contributed by atoms with Gasteiger partial charge >= 0.3 is 12.5 Å². The maximum Gasteiger partial charge on any atom is 0.573 e. The molecule has 0 saturated carbocycles. The SMILES string of the molecule is C/C=C/C1COC(c2cc(F)c(C(F)(F)Oc3cc(F)c(OCc4ccc(OC(F)(F)F)c(F)c4)c(F)c3)c(F)c2)OC1. The van der Waals surface area contributed by atoms with E-state index >= 15 is 0 Å². The standard InChI is InChI=1S/C28H20F10O5/c1-2-3-15-12-40-26(41-13-15)16-7-19(30)24(20(31)8-16)27(34,35)42-17-9-21(32)25(22(33)10-17)39-11-14-4-5-23(18(29)6-14)43-28(36,37)38/h2-10,15,26H,11-13H2,1H3/b3-2+. The highest BCUT2D eigenvalue weighted by atomic mass is 19.4. The van der Waals surface area contributed by atoms with Crippen LogP contribution in [0.3, 0.4) is 0 Å². The minimum atomic E-state index is -5.16. The lowest BCUT2D eigenvalue weighted by molar-refractivity contribution is -0.275. The fraction of sp³-hybridized carbons (Fsp3) is 0.286. The van der Waals surface area contributed by atoms with E-state index in [0.717, 1.165) is 6.07 Å². The summed E-state index contributed by atoms with van der Waals surface area (Å²) in [4.78, 5) is 0. The summed E-state index contributed by atoms with van der Waals surface area (Å²) in [7, 11) is 0. The highest BCUT2D eigenvalue weighted by Crippen LogP contribution is 2.39. The van der Waals surface area contributed by atoms with Crippen molar-refractivity contribution in [1.82, 2.24) is 0 Å². The van der Waals surface area contributed by atoms with Gasteiger partial charge in [-0.2, -0.15) is 8.78 Å². The molecule has 0 N–H and O–H groups in total. The molecule has 5 nitrogen and oxygen atoms in total. The molecular formula is C28H20F10O5. The molecule has 15 heteroatoms. The van der Waals surface area contributed by atoms with Crippen molar-refractivity contribution in [2.24, 2.45) is 5.92 Å². The molecule has 1 saturated heterocycles. The Hall–Kier alpha value is -3.98. The molecule has 0 atom stereocenters. The molecule has 0 amide bonds. The lowest BCUT2D eigenvalue weighted by Gasteiger charge is -2.28. The highest BCUT2D eigenvalue weighted by molar-refractivity contribution is 5.37. The topological polar surface area (TPSA) is 46.2 Å². The molecular weight excluding hydrogens is 606 g/mol. The van der Waals surface area contributed by atoms with Crippen molar-refractivity contribution >= 4 is 0 Å². The number of alkyl halides is 5. The second-order valence-corrected chi connectivity index (χ2v) is 9.08. The average molecular weight is 626 g/mol. The summed E-state index contributed by atoms with van der Waals surface area (Å²) in [6.07, 6.45) is -7.59. The van der Waals surface area contributed by atoms with Crippen molar-refractivity contribution in [2.45, 2.75) is 32.3 Å². The number of ether oxygens (including phenoxy) is 5. The lowest BCUT2D eigenvalue weighted by atomic mass is 10.1. The summed E-state index contributed by atoms with van der Waals surface area (Å²) in [6, 6.07) is 3.66. The van der Waals surface area contributed by atoms with E-state index in [4.69, 9.17) is 14.2 Å². The third-order valence-electron chi connectivity index (χ3n) is 5.84. The van der Waals surface area contributed by atoms with Gasteiger partial charge in [0.15, 0.2) is 35.2 Å². The Labute approximate surface area is 237 Å². The normalized spacial score (nSPS) is 17.7. The average Bonchev–Trinajstić information content (AvgIpc) is 2.89. The van der Waals surface area contributed by atoms with E-state index in [1.165, 1.54) is 0 Å². The van der Waals surface area contributed by atoms with Crippen molar-refractivity contribution in [3.63, 3.8) is 0 Å². The predicted molar refractivity (Wildman–Crippen MR) is 128 cm³/mol. The Morgan fingerprint density at radius 2 is 1.40 bits per heavy atom. The number of hydrogen-bond donors (Lipinski definition) is 0. The molecule has 3 aromatic rings. The van der Waals surface area contributed by atoms with Crippen LogP contribution in [0.2, 0.25) is 0 Å². The fourth-order valence-corrected chi connectivity index (χ4v) is 4.03. The zero-order valence-electron chi connectivity index (χ0n) is 21.8. The van der Waals surface area contributed by atoms with Crippen LogP contribution in [0.4, 0.5) is 43.9 Å². The van der Waals surface area contributed by atoms with E-state index in [9.17, 15) is 43.9 Å². The smallest absolute Gasteiger partial charge is 0.483 e. The van der Waals surface area contributed by atoms with Gasteiger partial charge in [0.2, 0.25) is 0 Å². The molecule has 232 valence electrons. The first-order chi connectivity index (χ1) is 20.2. The first-order valence-corrected chi connectivity index (χ1v) is 12.2. The van der Waals surface area contributed by atoms with Crippen molar-refractivity contribution in [3.05, 3.63) is 100 Å². The van der Waals surface area contributed by atoms with Gasteiger partial charge in [-0.05, 0) is 36.8 Å². The molecule has 0 radical (unpaired) electrons. The molecule has 3 aromatic carbocycles. The molecule has 0 aromatic heterocycles. The summed E-state index contributed by atoms with van der Waals surface area (Å²) in [5.41, 5.74) is -2.25. The predicted octanol–water partition coefficient (Wildman–Crippen LogP) is 8.23. The Kier molecular flexibility index (Phi) is 9.44. The van der Waals surface area contributed by atoms with Crippen molar-refractivity contribution < 1.29 is 67.6 Å². The highest BCUT2D eigenvalue weighted by Gasteiger charge is 2.42. The van der Waals surface area contributed by atoms with Crippen LogP contribution in [0.5, 0.6) is 17.2 Å².